The Labute approximate surface area is 112 Å². The Kier molecular flexibility index (Phi) is 3.87. The molecular formula is C14H14O4S. The molecule has 0 unspecified atom stereocenters. The largest absolute Gasteiger partial charge is 0.506 e. The molecule has 2 N–H and O–H groups in total. The molecule has 0 aliphatic carbocycles. The molecule has 0 radical (unpaired) electrons. The van der Waals surface area contributed by atoms with E-state index >= 15 is 0 Å². The van der Waals surface area contributed by atoms with Crippen LogP contribution >= 0.6 is 0 Å². The van der Waals surface area contributed by atoms with Crippen LogP contribution in [0.15, 0.2) is 53.4 Å². The van der Waals surface area contributed by atoms with Crippen molar-refractivity contribution in [3.63, 3.8) is 0 Å². The molecule has 5 heteroatoms. The van der Waals surface area contributed by atoms with E-state index in [-0.39, 0.29) is 0 Å². The van der Waals surface area contributed by atoms with Gasteiger partial charge in [-0.25, -0.2) is 0 Å². The second-order valence-corrected chi connectivity index (χ2v) is 5.65. The number of hydrogen-bond donors (Lipinski definition) is 2. The third kappa shape index (κ3) is 3.56. The molecule has 0 aromatic heterocycles. The SMILES string of the molecule is O=S(=O)(O)c1cc(CCc2ccccc2)ccc1O. The first-order chi connectivity index (χ1) is 8.97. The van der Waals surface area contributed by atoms with Crippen molar-refractivity contribution in [3.8, 4) is 5.75 Å². The van der Waals surface area contributed by atoms with Gasteiger partial charge in [0.15, 0.2) is 0 Å². The molecule has 2 aromatic carbocycles. The molecule has 0 aliphatic heterocycles. The summed E-state index contributed by atoms with van der Waals surface area (Å²) in [6, 6.07) is 14.0. The first-order valence-corrected chi connectivity index (χ1v) is 7.24. The minimum atomic E-state index is -4.39. The van der Waals surface area contributed by atoms with Gasteiger partial charge >= 0.3 is 0 Å². The minimum Gasteiger partial charge on any atom is -0.506 e. The van der Waals surface area contributed by atoms with Crippen LogP contribution < -0.4 is 0 Å². The molecule has 0 aliphatic rings. The van der Waals surface area contributed by atoms with E-state index in [0.717, 1.165) is 17.5 Å². The van der Waals surface area contributed by atoms with Crippen LogP contribution in [-0.2, 0) is 23.0 Å². The lowest BCUT2D eigenvalue weighted by Gasteiger charge is -2.06. The maximum absolute atomic E-state index is 11.1. The van der Waals surface area contributed by atoms with Gasteiger partial charge in [-0.05, 0) is 36.1 Å². The lowest BCUT2D eigenvalue weighted by atomic mass is 10.0. The van der Waals surface area contributed by atoms with Crippen molar-refractivity contribution in [2.75, 3.05) is 0 Å². The van der Waals surface area contributed by atoms with E-state index in [1.807, 2.05) is 30.3 Å². The Morgan fingerprint density at radius 3 is 2.16 bits per heavy atom. The Bertz CT molecular complexity index is 663. The Morgan fingerprint density at radius 2 is 1.53 bits per heavy atom. The van der Waals surface area contributed by atoms with E-state index < -0.39 is 20.8 Å². The minimum absolute atomic E-state index is 0.439. The summed E-state index contributed by atoms with van der Waals surface area (Å²) in [5.74, 6) is -0.439. The molecule has 2 rings (SSSR count). The smallest absolute Gasteiger partial charge is 0.298 e. The summed E-state index contributed by atoms with van der Waals surface area (Å²) in [6.07, 6.45) is 1.39. The maximum atomic E-state index is 11.1. The van der Waals surface area contributed by atoms with Crippen molar-refractivity contribution in [1.82, 2.24) is 0 Å². The van der Waals surface area contributed by atoms with Gasteiger partial charge in [0, 0.05) is 0 Å². The zero-order valence-electron chi connectivity index (χ0n) is 10.2. The number of benzene rings is 2. The summed E-state index contributed by atoms with van der Waals surface area (Å²) in [4.78, 5) is -0.446. The molecule has 0 spiro atoms. The van der Waals surface area contributed by atoms with Crippen LogP contribution in [0.25, 0.3) is 0 Å². The average Bonchev–Trinajstić information content (AvgIpc) is 2.37. The van der Waals surface area contributed by atoms with E-state index in [4.69, 9.17) is 4.55 Å². The number of phenols is 1. The van der Waals surface area contributed by atoms with E-state index in [2.05, 4.69) is 0 Å². The molecular weight excluding hydrogens is 264 g/mol. The fourth-order valence-electron chi connectivity index (χ4n) is 1.85. The van der Waals surface area contributed by atoms with Crippen LogP contribution in [0.5, 0.6) is 5.75 Å². The molecule has 0 amide bonds. The Hall–Kier alpha value is -1.85. The summed E-state index contributed by atoms with van der Waals surface area (Å²) >= 11 is 0. The summed E-state index contributed by atoms with van der Waals surface area (Å²) in [6.45, 7) is 0. The third-order valence-corrected chi connectivity index (χ3v) is 3.73. The molecule has 0 saturated carbocycles. The summed E-state index contributed by atoms with van der Waals surface area (Å²) < 4.78 is 31.1. The zero-order chi connectivity index (χ0) is 13.9. The summed E-state index contributed by atoms with van der Waals surface area (Å²) in [5, 5.41) is 9.42. The zero-order valence-corrected chi connectivity index (χ0v) is 11.0. The Balaban J connectivity index is 2.18. The molecule has 0 fully saturated rings. The number of phenolic OH excluding ortho intramolecular Hbond substituents is 1. The van der Waals surface area contributed by atoms with Gasteiger partial charge in [-0.1, -0.05) is 36.4 Å². The van der Waals surface area contributed by atoms with Crippen LogP contribution in [0.1, 0.15) is 11.1 Å². The molecule has 4 nitrogen and oxygen atoms in total. The van der Waals surface area contributed by atoms with Crippen molar-refractivity contribution < 1.29 is 18.1 Å². The quantitative estimate of drug-likeness (QED) is 0.842. The highest BCUT2D eigenvalue weighted by atomic mass is 32.2. The van der Waals surface area contributed by atoms with Gasteiger partial charge in [0.1, 0.15) is 10.6 Å². The fraction of sp³-hybridized carbons (Fsp3) is 0.143. The molecule has 0 atom stereocenters. The van der Waals surface area contributed by atoms with Gasteiger partial charge in [0.2, 0.25) is 0 Å². The van der Waals surface area contributed by atoms with Crippen molar-refractivity contribution in [1.29, 1.82) is 0 Å². The van der Waals surface area contributed by atoms with Crippen molar-refractivity contribution >= 4 is 10.1 Å². The second-order valence-electron chi connectivity index (χ2n) is 4.26. The fourth-order valence-corrected chi connectivity index (χ4v) is 2.49. The molecule has 0 bridgehead atoms. The van der Waals surface area contributed by atoms with Gasteiger partial charge in [0.25, 0.3) is 10.1 Å². The first kappa shape index (κ1) is 13.6. The van der Waals surface area contributed by atoms with Crippen LogP contribution in [-0.4, -0.2) is 18.1 Å². The second kappa shape index (κ2) is 5.42. The van der Waals surface area contributed by atoms with E-state index in [0.29, 0.717) is 6.42 Å². The molecule has 100 valence electrons. The monoisotopic (exact) mass is 278 g/mol. The first-order valence-electron chi connectivity index (χ1n) is 5.80. The van der Waals surface area contributed by atoms with E-state index in [1.165, 1.54) is 12.1 Å². The average molecular weight is 278 g/mol. The normalized spacial score (nSPS) is 11.4. The highest BCUT2D eigenvalue weighted by Gasteiger charge is 2.15. The van der Waals surface area contributed by atoms with E-state index in [9.17, 15) is 13.5 Å². The number of aryl methyl sites for hydroxylation is 2. The predicted octanol–water partition coefficient (Wildman–Crippen LogP) is 2.42. The number of aromatic hydroxyl groups is 1. The molecule has 0 heterocycles. The van der Waals surface area contributed by atoms with Gasteiger partial charge in [-0.3, -0.25) is 4.55 Å². The lowest BCUT2D eigenvalue weighted by molar-refractivity contribution is 0.443. The maximum Gasteiger partial charge on any atom is 0.298 e. The van der Waals surface area contributed by atoms with Gasteiger partial charge in [-0.15, -0.1) is 0 Å². The van der Waals surface area contributed by atoms with Crippen LogP contribution in [0.3, 0.4) is 0 Å². The van der Waals surface area contributed by atoms with Crippen LogP contribution in [0.2, 0.25) is 0 Å². The van der Waals surface area contributed by atoms with Gasteiger partial charge in [-0.2, -0.15) is 8.42 Å². The van der Waals surface area contributed by atoms with E-state index in [1.54, 1.807) is 6.07 Å². The highest BCUT2D eigenvalue weighted by Crippen LogP contribution is 2.24. The topological polar surface area (TPSA) is 74.6 Å². The van der Waals surface area contributed by atoms with Gasteiger partial charge < -0.3 is 5.11 Å². The third-order valence-electron chi connectivity index (χ3n) is 2.85. The highest BCUT2D eigenvalue weighted by molar-refractivity contribution is 7.86. The predicted molar refractivity (Wildman–Crippen MR) is 71.8 cm³/mol. The molecule has 19 heavy (non-hydrogen) atoms. The van der Waals surface area contributed by atoms with Gasteiger partial charge in [0.05, 0.1) is 0 Å². The van der Waals surface area contributed by atoms with Crippen LogP contribution in [0.4, 0.5) is 0 Å². The van der Waals surface area contributed by atoms with Crippen molar-refractivity contribution in [2.24, 2.45) is 0 Å². The summed E-state index contributed by atoms with van der Waals surface area (Å²) in [5.41, 5.74) is 1.89. The molecule has 2 aromatic rings. The lowest BCUT2D eigenvalue weighted by Crippen LogP contribution is -2.00. The standard InChI is InChI=1S/C14H14O4S/c15-13-9-8-12(10-14(13)19(16,17)18)7-6-11-4-2-1-3-5-11/h1-5,8-10,15H,6-7H2,(H,16,17,18). The van der Waals surface area contributed by atoms with Crippen LogP contribution in [0, 0.1) is 0 Å². The van der Waals surface area contributed by atoms with Crippen molar-refractivity contribution in [2.45, 2.75) is 17.7 Å². The summed E-state index contributed by atoms with van der Waals surface area (Å²) in [7, 11) is -4.39. The number of hydrogen-bond acceptors (Lipinski definition) is 3. The van der Waals surface area contributed by atoms with Crippen molar-refractivity contribution in [3.05, 3.63) is 59.7 Å². The number of rotatable bonds is 4. The Morgan fingerprint density at radius 1 is 0.895 bits per heavy atom. The molecule has 0 saturated heterocycles.